The quantitative estimate of drug-likeness (QED) is 0.878. The van der Waals surface area contributed by atoms with E-state index >= 15 is 0 Å². The van der Waals surface area contributed by atoms with Gasteiger partial charge in [-0.3, -0.25) is 0 Å². The van der Waals surface area contributed by atoms with Crippen molar-refractivity contribution in [2.24, 2.45) is 0 Å². The Kier molecular flexibility index (Phi) is 3.96. The summed E-state index contributed by atoms with van der Waals surface area (Å²) in [5, 5.41) is 18.9. The van der Waals surface area contributed by atoms with E-state index in [9.17, 15) is 4.79 Å². The summed E-state index contributed by atoms with van der Waals surface area (Å²) in [6.07, 6.45) is 2.21. The maximum absolute atomic E-state index is 10.6. The number of benzene rings is 1. The minimum absolute atomic E-state index is 0.0126. The first-order valence-corrected chi connectivity index (χ1v) is 7.49. The number of nitrogens with one attached hydrogen (secondary N) is 1. The Morgan fingerprint density at radius 3 is 2.81 bits per heavy atom. The first kappa shape index (κ1) is 14.1. The molecule has 1 aliphatic rings. The lowest BCUT2D eigenvalue weighted by Gasteiger charge is -2.28. The van der Waals surface area contributed by atoms with E-state index in [1.807, 2.05) is 12.1 Å². The molecule has 1 aliphatic carbocycles. The lowest BCUT2D eigenvalue weighted by molar-refractivity contribution is 0.135. The molecule has 0 saturated heterocycles. The average molecular weight is 356 g/mol. The van der Waals surface area contributed by atoms with Crippen LogP contribution in [-0.2, 0) is 0 Å². The Labute approximate surface area is 128 Å². The van der Waals surface area contributed by atoms with E-state index in [2.05, 4.69) is 31.6 Å². The zero-order chi connectivity index (χ0) is 14.8. The number of aromatic nitrogens is 2. The van der Waals surface area contributed by atoms with Crippen molar-refractivity contribution in [1.82, 2.24) is 15.6 Å². The summed E-state index contributed by atoms with van der Waals surface area (Å²) in [6.45, 7) is 0. The summed E-state index contributed by atoms with van der Waals surface area (Å²) >= 11 is 3.40. The van der Waals surface area contributed by atoms with Crippen LogP contribution in [0.5, 0.6) is 5.75 Å². The molecule has 2 aromatic rings. The highest BCUT2D eigenvalue weighted by Crippen LogP contribution is 2.31. The molecule has 1 aromatic carbocycles. The van der Waals surface area contributed by atoms with Gasteiger partial charge in [0.1, 0.15) is 5.52 Å². The molecule has 1 amide bonds. The Hall–Kier alpha value is -1.83. The first-order chi connectivity index (χ1) is 10.1. The molecule has 1 fully saturated rings. The summed E-state index contributed by atoms with van der Waals surface area (Å²) in [7, 11) is 0. The number of fused-ring (bicyclic) bond motifs is 1. The van der Waals surface area contributed by atoms with Gasteiger partial charge in [0.25, 0.3) is 0 Å². The second kappa shape index (κ2) is 5.88. The van der Waals surface area contributed by atoms with Gasteiger partial charge in [0.05, 0.1) is 6.10 Å². The molecule has 0 spiro atoms. The number of ether oxygens (including phenoxy) is 1. The molecule has 1 saturated carbocycles. The number of carbonyl (C=O) groups is 1. The van der Waals surface area contributed by atoms with Crippen LogP contribution >= 0.6 is 15.9 Å². The molecule has 1 aromatic heterocycles. The molecule has 7 nitrogen and oxygen atoms in total. The molecule has 3 rings (SSSR count). The van der Waals surface area contributed by atoms with E-state index in [0.29, 0.717) is 16.8 Å². The van der Waals surface area contributed by atoms with Crippen LogP contribution in [-0.4, -0.2) is 33.7 Å². The minimum Gasteiger partial charge on any atom is -0.488 e. The van der Waals surface area contributed by atoms with Gasteiger partial charge in [0, 0.05) is 10.5 Å². The van der Waals surface area contributed by atoms with E-state index in [0.717, 1.165) is 30.2 Å². The van der Waals surface area contributed by atoms with Gasteiger partial charge in [-0.05, 0) is 48.1 Å². The predicted molar refractivity (Wildman–Crippen MR) is 77.3 cm³/mol. The minimum atomic E-state index is -0.971. The van der Waals surface area contributed by atoms with Crippen molar-refractivity contribution in [3.8, 4) is 5.75 Å². The predicted octanol–water partition coefficient (Wildman–Crippen LogP) is 2.94. The van der Waals surface area contributed by atoms with Gasteiger partial charge >= 0.3 is 6.09 Å². The molecular formula is C13H14BrN3O4. The lowest BCUT2D eigenvalue weighted by Crippen LogP contribution is -2.38. The largest absolute Gasteiger partial charge is 0.488 e. The van der Waals surface area contributed by atoms with Crippen LogP contribution < -0.4 is 10.1 Å². The van der Waals surface area contributed by atoms with Crippen molar-refractivity contribution in [2.45, 2.75) is 37.8 Å². The highest BCUT2D eigenvalue weighted by molar-refractivity contribution is 9.10. The van der Waals surface area contributed by atoms with Gasteiger partial charge in [-0.1, -0.05) is 15.9 Å². The van der Waals surface area contributed by atoms with Crippen LogP contribution in [0.1, 0.15) is 25.7 Å². The fourth-order valence-electron chi connectivity index (χ4n) is 2.60. The van der Waals surface area contributed by atoms with Crippen LogP contribution in [0.3, 0.4) is 0 Å². The fourth-order valence-corrected chi connectivity index (χ4v) is 3.02. The van der Waals surface area contributed by atoms with Gasteiger partial charge in [-0.25, -0.2) is 9.42 Å². The second-order valence-corrected chi connectivity index (χ2v) is 5.99. The van der Waals surface area contributed by atoms with Crippen molar-refractivity contribution in [3.05, 3.63) is 16.6 Å². The van der Waals surface area contributed by atoms with Crippen LogP contribution in [0.25, 0.3) is 11.0 Å². The van der Waals surface area contributed by atoms with Gasteiger partial charge < -0.3 is 15.2 Å². The van der Waals surface area contributed by atoms with Crippen molar-refractivity contribution < 1.29 is 19.3 Å². The molecule has 2 N–H and O–H groups in total. The molecular weight excluding hydrogens is 342 g/mol. The summed E-state index contributed by atoms with van der Waals surface area (Å²) < 4.78 is 11.6. The highest BCUT2D eigenvalue weighted by atomic mass is 79.9. The number of carboxylic acid groups (broad SMARTS) is 1. The zero-order valence-corrected chi connectivity index (χ0v) is 12.7. The summed E-state index contributed by atoms with van der Waals surface area (Å²) in [5.41, 5.74) is 1.24. The summed E-state index contributed by atoms with van der Waals surface area (Å²) in [6, 6.07) is 3.67. The Morgan fingerprint density at radius 1 is 1.33 bits per heavy atom. The first-order valence-electron chi connectivity index (χ1n) is 6.70. The van der Waals surface area contributed by atoms with Gasteiger partial charge in [-0.15, -0.1) is 0 Å². The van der Waals surface area contributed by atoms with Crippen molar-refractivity contribution in [1.29, 1.82) is 0 Å². The van der Waals surface area contributed by atoms with E-state index in [1.54, 1.807) is 0 Å². The molecule has 0 unspecified atom stereocenters. The number of halogens is 1. The van der Waals surface area contributed by atoms with Crippen molar-refractivity contribution >= 4 is 33.1 Å². The molecule has 0 aliphatic heterocycles. The van der Waals surface area contributed by atoms with Gasteiger partial charge in [0.2, 0.25) is 0 Å². The summed E-state index contributed by atoms with van der Waals surface area (Å²) in [4.78, 5) is 10.6. The maximum Gasteiger partial charge on any atom is 0.404 e. The van der Waals surface area contributed by atoms with Crippen LogP contribution in [0.2, 0.25) is 0 Å². The Morgan fingerprint density at radius 2 is 2.10 bits per heavy atom. The number of hydrogen-bond acceptors (Lipinski definition) is 5. The molecule has 1 heterocycles. The van der Waals surface area contributed by atoms with E-state index in [4.69, 9.17) is 14.5 Å². The zero-order valence-electron chi connectivity index (χ0n) is 11.1. The SMILES string of the molecule is O=C(O)N[C@H]1CC[C@@H](Oc2cc(Br)cc3nonc23)CC1. The van der Waals surface area contributed by atoms with E-state index in [1.165, 1.54) is 0 Å². The molecule has 21 heavy (non-hydrogen) atoms. The van der Waals surface area contributed by atoms with Crippen LogP contribution in [0.15, 0.2) is 21.2 Å². The van der Waals surface area contributed by atoms with Crippen molar-refractivity contribution in [2.75, 3.05) is 0 Å². The fraction of sp³-hybridized carbons (Fsp3) is 0.462. The third kappa shape index (κ3) is 3.26. The third-order valence-electron chi connectivity index (χ3n) is 3.59. The van der Waals surface area contributed by atoms with E-state index < -0.39 is 6.09 Å². The normalized spacial score (nSPS) is 22.1. The van der Waals surface area contributed by atoms with Crippen LogP contribution in [0.4, 0.5) is 4.79 Å². The Bertz CT molecular complexity index is 652. The van der Waals surface area contributed by atoms with Gasteiger partial charge in [-0.2, -0.15) is 0 Å². The third-order valence-corrected chi connectivity index (χ3v) is 4.04. The maximum atomic E-state index is 10.6. The lowest BCUT2D eigenvalue weighted by atomic mass is 9.93. The van der Waals surface area contributed by atoms with Crippen LogP contribution in [0, 0.1) is 0 Å². The second-order valence-electron chi connectivity index (χ2n) is 5.08. The standard InChI is InChI=1S/C13H14BrN3O4/c14-7-5-10-12(17-21-16-10)11(6-7)20-9-3-1-8(2-4-9)15-13(18)19/h5-6,8-9,15H,1-4H2,(H,18,19)/t8-,9+. The monoisotopic (exact) mass is 355 g/mol. The highest BCUT2D eigenvalue weighted by Gasteiger charge is 2.24. The van der Waals surface area contributed by atoms with Crippen molar-refractivity contribution in [3.63, 3.8) is 0 Å². The average Bonchev–Trinajstić information content (AvgIpc) is 2.88. The molecule has 0 atom stereocenters. The smallest absolute Gasteiger partial charge is 0.404 e. The summed E-state index contributed by atoms with van der Waals surface area (Å²) in [5.74, 6) is 0.635. The number of hydrogen-bond donors (Lipinski definition) is 2. The number of amides is 1. The van der Waals surface area contributed by atoms with E-state index in [-0.39, 0.29) is 12.1 Å². The molecule has 8 heteroatoms. The molecule has 112 valence electrons. The number of rotatable bonds is 3. The number of nitrogens with zero attached hydrogens (tertiary/aromatic N) is 2. The molecule has 0 radical (unpaired) electrons. The molecule has 0 bridgehead atoms. The Balaban J connectivity index is 1.67. The van der Waals surface area contributed by atoms with Gasteiger partial charge in [0.15, 0.2) is 11.3 Å². The topological polar surface area (TPSA) is 97.5 Å².